The Kier molecular flexibility index (Phi) is 60.8. The first-order valence-electron chi connectivity index (χ1n) is 36.5. The molecular weight excluding hydrogens is 1170 g/mol. The molecule has 0 saturated carbocycles. The molecule has 89 heavy (non-hydrogen) atoms. The van der Waals surface area contributed by atoms with Crippen molar-refractivity contribution >= 4 is 39.5 Å². The molecule has 0 bridgehead atoms. The summed E-state index contributed by atoms with van der Waals surface area (Å²) in [7, 11) is -9.90. The Morgan fingerprint density at radius 2 is 0.517 bits per heavy atom. The Morgan fingerprint density at radius 3 is 0.764 bits per heavy atom. The lowest BCUT2D eigenvalue weighted by atomic mass is 10.0. The summed E-state index contributed by atoms with van der Waals surface area (Å²) in [6.45, 7) is 9.52. The molecule has 0 aliphatic rings. The number of rotatable bonds is 69. The highest BCUT2D eigenvalue weighted by molar-refractivity contribution is 7.47. The Hall–Kier alpha value is -1.94. The van der Waals surface area contributed by atoms with Crippen molar-refractivity contribution < 1.29 is 80.2 Å². The summed E-state index contributed by atoms with van der Waals surface area (Å²) in [6, 6.07) is 0. The highest BCUT2D eigenvalue weighted by Gasteiger charge is 2.30. The molecule has 3 N–H and O–H groups in total. The first kappa shape index (κ1) is 87.1. The maximum Gasteiger partial charge on any atom is 0.472 e. The molecule has 19 heteroatoms. The zero-order chi connectivity index (χ0) is 65.7. The van der Waals surface area contributed by atoms with E-state index < -0.39 is 97.5 Å². The number of aliphatic hydroxyl groups excluding tert-OH is 1. The van der Waals surface area contributed by atoms with E-state index in [-0.39, 0.29) is 25.7 Å². The van der Waals surface area contributed by atoms with E-state index in [1.165, 1.54) is 173 Å². The maximum absolute atomic E-state index is 13.0. The largest absolute Gasteiger partial charge is 0.472 e. The molecule has 0 aliphatic heterocycles. The molecule has 0 rings (SSSR count). The number of esters is 4. The third-order valence-electron chi connectivity index (χ3n) is 16.2. The summed E-state index contributed by atoms with van der Waals surface area (Å²) in [5.74, 6) is -0.596. The highest BCUT2D eigenvalue weighted by atomic mass is 31.2. The molecule has 0 aromatic rings. The minimum absolute atomic E-state index is 0.107. The van der Waals surface area contributed by atoms with Crippen LogP contribution in [0.1, 0.15) is 356 Å². The van der Waals surface area contributed by atoms with Gasteiger partial charge in [0.15, 0.2) is 12.2 Å². The molecule has 5 atom stereocenters. The SMILES string of the molecule is CCCCCCCCCCCCCC(=O)O[C@H](COC(=O)CCCCCCCCCCC)COP(=O)(O)OC[C@H](O)COP(=O)(O)OC[C@@H](COC(=O)CCCCCCCCCCC(C)C)OC(=O)CCCCCCCCCCCCCCCCCC(C)C. The summed E-state index contributed by atoms with van der Waals surface area (Å²) in [5, 5.41) is 10.6. The van der Waals surface area contributed by atoms with E-state index >= 15 is 0 Å². The zero-order valence-electron chi connectivity index (χ0n) is 57.7. The molecule has 0 fully saturated rings. The van der Waals surface area contributed by atoms with Gasteiger partial charge >= 0.3 is 39.5 Å². The lowest BCUT2D eigenvalue weighted by Gasteiger charge is -2.21. The van der Waals surface area contributed by atoms with Gasteiger partial charge in [0, 0.05) is 25.7 Å². The normalized spacial score (nSPS) is 14.1. The van der Waals surface area contributed by atoms with Crippen LogP contribution in [0.15, 0.2) is 0 Å². The van der Waals surface area contributed by atoms with Crippen LogP contribution in [0.5, 0.6) is 0 Å². The molecule has 2 unspecified atom stereocenters. The third-order valence-corrected chi connectivity index (χ3v) is 18.1. The summed E-state index contributed by atoms with van der Waals surface area (Å²) < 4.78 is 68.2. The average Bonchev–Trinajstić information content (AvgIpc) is 3.64. The number of carbonyl (C=O) groups excluding carboxylic acids is 4. The number of unbranched alkanes of at least 4 members (excludes halogenated alkanes) is 39. The van der Waals surface area contributed by atoms with Gasteiger partial charge in [-0.05, 0) is 37.5 Å². The molecule has 528 valence electrons. The van der Waals surface area contributed by atoms with E-state index in [9.17, 15) is 43.2 Å². The number of phosphoric ester groups is 2. The molecule has 0 aromatic heterocycles. The number of phosphoric acid groups is 2. The van der Waals surface area contributed by atoms with Gasteiger partial charge in [-0.2, -0.15) is 0 Å². The number of carbonyl (C=O) groups is 4. The number of aliphatic hydroxyl groups is 1. The minimum atomic E-state index is -4.95. The van der Waals surface area contributed by atoms with E-state index in [1.807, 2.05) is 0 Å². The Bertz CT molecular complexity index is 1730. The topological polar surface area (TPSA) is 237 Å². The smallest absolute Gasteiger partial charge is 0.462 e. The van der Waals surface area contributed by atoms with Gasteiger partial charge in [0.05, 0.1) is 26.4 Å². The van der Waals surface area contributed by atoms with Gasteiger partial charge in [0.1, 0.15) is 19.3 Å². The molecule has 0 saturated heterocycles. The number of hydrogen-bond acceptors (Lipinski definition) is 15. The molecule has 0 aliphatic carbocycles. The molecule has 0 radical (unpaired) electrons. The molecule has 0 heterocycles. The van der Waals surface area contributed by atoms with Crippen molar-refractivity contribution in [2.24, 2.45) is 11.8 Å². The van der Waals surface area contributed by atoms with Crippen molar-refractivity contribution in [3.8, 4) is 0 Å². The Balaban J connectivity index is 5.20. The van der Waals surface area contributed by atoms with Gasteiger partial charge < -0.3 is 33.8 Å². The number of ether oxygens (including phenoxy) is 4. The van der Waals surface area contributed by atoms with Crippen LogP contribution < -0.4 is 0 Å². The van der Waals surface area contributed by atoms with Gasteiger partial charge in [-0.15, -0.1) is 0 Å². The van der Waals surface area contributed by atoms with Crippen LogP contribution in [0.25, 0.3) is 0 Å². The molecule has 0 amide bonds. The van der Waals surface area contributed by atoms with Crippen molar-refractivity contribution in [3.63, 3.8) is 0 Å². The van der Waals surface area contributed by atoms with Crippen LogP contribution >= 0.6 is 15.6 Å². The molecule has 0 aromatic carbocycles. The van der Waals surface area contributed by atoms with E-state index in [4.69, 9.17) is 37.0 Å². The van der Waals surface area contributed by atoms with Crippen LogP contribution in [-0.4, -0.2) is 96.7 Å². The van der Waals surface area contributed by atoms with Crippen molar-refractivity contribution in [3.05, 3.63) is 0 Å². The van der Waals surface area contributed by atoms with E-state index in [1.54, 1.807) is 0 Å². The number of hydrogen-bond donors (Lipinski definition) is 3. The lowest BCUT2D eigenvalue weighted by Crippen LogP contribution is -2.30. The molecule has 0 spiro atoms. The first-order valence-corrected chi connectivity index (χ1v) is 39.5. The third kappa shape index (κ3) is 64.6. The van der Waals surface area contributed by atoms with Crippen molar-refractivity contribution in [1.29, 1.82) is 0 Å². The fourth-order valence-electron chi connectivity index (χ4n) is 10.6. The monoisotopic (exact) mass is 1310 g/mol. The van der Waals surface area contributed by atoms with Crippen LogP contribution in [0.3, 0.4) is 0 Å². The minimum Gasteiger partial charge on any atom is -0.462 e. The van der Waals surface area contributed by atoms with Gasteiger partial charge in [0.25, 0.3) is 0 Å². The first-order chi connectivity index (χ1) is 42.9. The van der Waals surface area contributed by atoms with Gasteiger partial charge in [-0.25, -0.2) is 9.13 Å². The van der Waals surface area contributed by atoms with Crippen LogP contribution in [0.4, 0.5) is 0 Å². The molecule has 17 nitrogen and oxygen atoms in total. The van der Waals surface area contributed by atoms with Gasteiger partial charge in [-0.1, -0.05) is 305 Å². The summed E-state index contributed by atoms with van der Waals surface area (Å²) in [6.07, 6.45) is 47.2. The van der Waals surface area contributed by atoms with Crippen LogP contribution in [-0.2, 0) is 65.4 Å². The second-order valence-electron chi connectivity index (χ2n) is 26.2. The van der Waals surface area contributed by atoms with E-state index in [0.29, 0.717) is 25.7 Å². The summed E-state index contributed by atoms with van der Waals surface area (Å²) in [5.41, 5.74) is 0. The lowest BCUT2D eigenvalue weighted by molar-refractivity contribution is -0.161. The molecular formula is C70H136O17P2. The predicted octanol–water partition coefficient (Wildman–Crippen LogP) is 20.0. The standard InChI is InChI=1S/C70H136O17P2/c1-7-9-11-13-15-17-23-28-36-42-48-54-69(74)86-65(58-80-67(72)52-46-40-34-26-16-14-12-10-8-2)60-84-88(76,77)82-56-64(71)57-83-89(78,79)85-61-66(59-81-68(73)53-47-41-35-31-30-33-39-45-51-63(5)6)87-70(75)55-49-43-37-29-25-22-20-18-19-21-24-27-32-38-44-50-62(3)4/h62-66,71H,7-61H2,1-6H3,(H,76,77)(H,78,79)/t64-,65+,66+/m0/s1. The quantitative estimate of drug-likeness (QED) is 0.0222. The van der Waals surface area contributed by atoms with Gasteiger partial charge in [-0.3, -0.25) is 37.3 Å². The maximum atomic E-state index is 13.0. The fraction of sp³-hybridized carbons (Fsp3) is 0.943. The Morgan fingerprint density at radius 1 is 0.303 bits per heavy atom. The van der Waals surface area contributed by atoms with Gasteiger partial charge in [0.2, 0.25) is 0 Å². The predicted molar refractivity (Wildman–Crippen MR) is 358 cm³/mol. The second-order valence-corrected chi connectivity index (χ2v) is 29.1. The summed E-state index contributed by atoms with van der Waals surface area (Å²) >= 11 is 0. The fourth-order valence-corrected chi connectivity index (χ4v) is 12.2. The highest BCUT2D eigenvalue weighted by Crippen LogP contribution is 2.45. The van der Waals surface area contributed by atoms with Crippen LogP contribution in [0.2, 0.25) is 0 Å². The van der Waals surface area contributed by atoms with Crippen molar-refractivity contribution in [2.75, 3.05) is 39.6 Å². The summed E-state index contributed by atoms with van der Waals surface area (Å²) in [4.78, 5) is 72.4. The average molecular weight is 1310 g/mol. The van der Waals surface area contributed by atoms with E-state index in [2.05, 4.69) is 41.5 Å². The second kappa shape index (κ2) is 62.2. The Labute approximate surface area is 543 Å². The van der Waals surface area contributed by atoms with E-state index in [0.717, 1.165) is 102 Å². The zero-order valence-corrected chi connectivity index (χ0v) is 59.5. The van der Waals surface area contributed by atoms with Crippen molar-refractivity contribution in [1.82, 2.24) is 0 Å². The van der Waals surface area contributed by atoms with Crippen LogP contribution in [0, 0.1) is 11.8 Å². The van der Waals surface area contributed by atoms with Crippen molar-refractivity contribution in [2.45, 2.75) is 374 Å².